The molecule has 1 aromatic carbocycles. The van der Waals surface area contributed by atoms with Gasteiger partial charge in [0.15, 0.2) is 0 Å². The molecule has 0 saturated carbocycles. The van der Waals surface area contributed by atoms with E-state index in [1.807, 2.05) is 55.1 Å². The minimum absolute atomic E-state index is 0. The molecule has 0 aliphatic heterocycles. The predicted molar refractivity (Wildman–Crippen MR) is 72.8 cm³/mol. The van der Waals surface area contributed by atoms with Gasteiger partial charge in [-0.3, -0.25) is 14.6 Å². The van der Waals surface area contributed by atoms with Crippen molar-refractivity contribution >= 4 is 0 Å². The molecule has 1 heterocycles. The minimum atomic E-state index is -0.0460. The molecule has 0 atom stereocenters. The van der Waals surface area contributed by atoms with E-state index in [1.165, 1.54) is 0 Å². The van der Waals surface area contributed by atoms with E-state index in [0.29, 0.717) is 13.1 Å². The summed E-state index contributed by atoms with van der Waals surface area (Å²) < 4.78 is 1.81. The zero-order chi connectivity index (χ0) is 13.0. The van der Waals surface area contributed by atoms with Crippen LogP contribution in [-0.2, 0) is 13.1 Å². The number of hydrogen-bond acceptors (Lipinski definition) is 1. The third kappa shape index (κ3) is 3.85. The summed E-state index contributed by atoms with van der Waals surface area (Å²) >= 11 is 0. The average Bonchev–Trinajstić information content (AvgIpc) is 2.68. The first-order valence-corrected chi connectivity index (χ1v) is 6.14. The molecule has 1 aromatic heterocycles. The largest absolute Gasteiger partial charge is 0.656 e. The summed E-state index contributed by atoms with van der Waals surface area (Å²) in [6, 6.07) is 10.3. The summed E-state index contributed by atoms with van der Waals surface area (Å²) in [5, 5.41) is 7.16. The van der Waals surface area contributed by atoms with Gasteiger partial charge >= 0.3 is 0 Å². The van der Waals surface area contributed by atoms with Gasteiger partial charge in [0.1, 0.15) is 0 Å². The van der Waals surface area contributed by atoms with Gasteiger partial charge in [-0.15, -0.1) is 12.6 Å². The minimum Gasteiger partial charge on any atom is -0.656 e. The number of hydrogen-bond donors (Lipinski definition) is 1. The monoisotopic (exact) mass is 511 g/mol. The van der Waals surface area contributed by atoms with Gasteiger partial charge in [-0.2, -0.15) is 0 Å². The first-order valence-electron chi connectivity index (χ1n) is 6.14. The van der Waals surface area contributed by atoms with Crippen molar-refractivity contribution in [3.63, 3.8) is 0 Å². The Labute approximate surface area is 107 Å². The van der Waals surface area contributed by atoms with Gasteiger partial charge in [-0.25, -0.2) is 0 Å². The molecule has 0 radical (unpaired) electrons. The summed E-state index contributed by atoms with van der Waals surface area (Å²) in [5.74, 6) is 0. The van der Waals surface area contributed by atoms with Crippen molar-refractivity contribution in [2.45, 2.75) is 33.0 Å². The van der Waals surface area contributed by atoms with Crippen LogP contribution in [0.2, 0.25) is 0 Å². The Bertz CT molecular complexity index is 545. The maximum absolute atomic E-state index is 11.7. The Hall–Kier alpha value is -2.81. The van der Waals surface area contributed by atoms with Crippen molar-refractivity contribution in [1.82, 2.24) is 9.78 Å². The molecule has 0 bridgehead atoms. The molecule has 0 aliphatic rings. The van der Waals surface area contributed by atoms with Crippen LogP contribution in [0.5, 0.6) is 0 Å². The second kappa shape index (κ2) is 6.21. The Kier molecular flexibility index (Phi) is 4.66. The molecule has 1 N–H and O–H groups in total. The van der Waals surface area contributed by atoms with E-state index in [4.69, 9.17) is 0 Å². The van der Waals surface area contributed by atoms with Crippen molar-refractivity contribution in [3.05, 3.63) is 63.3 Å². The van der Waals surface area contributed by atoms with E-state index in [1.54, 1.807) is 0 Å². The van der Waals surface area contributed by atoms with Crippen LogP contribution in [0.15, 0.2) is 41.3 Å². The Balaban J connectivity index is 0.00000180. The van der Waals surface area contributed by atoms with Crippen LogP contribution in [0, 0.1) is 0 Å². The van der Waals surface area contributed by atoms with Crippen LogP contribution in [0.25, 0.3) is 5.32 Å². The first-order chi connectivity index (χ1) is 8.65. The predicted octanol–water partition coefficient (Wildman–Crippen LogP) is 2.51. The average molecular weight is 511 g/mol. The second-order valence-electron chi connectivity index (χ2n) is 4.64. The molecular formula is C14H18N3ORf-. The van der Waals surface area contributed by atoms with E-state index >= 15 is 0 Å². The number of benzene rings is 1. The Morgan fingerprint density at radius 1 is 1.26 bits per heavy atom. The van der Waals surface area contributed by atoms with Gasteiger partial charge in [0, 0.05) is 11.8 Å². The van der Waals surface area contributed by atoms with E-state index in [2.05, 4.69) is 10.4 Å². The van der Waals surface area contributed by atoms with Gasteiger partial charge in [0.2, 0.25) is 0 Å². The molecule has 5 heteroatoms. The maximum Gasteiger partial charge on any atom is 0.265 e. The van der Waals surface area contributed by atoms with Crippen LogP contribution >= 0.6 is 0 Å². The van der Waals surface area contributed by atoms with E-state index < -0.39 is 0 Å². The molecule has 0 aliphatic carbocycles. The molecule has 0 saturated heterocycles. The van der Waals surface area contributed by atoms with Crippen LogP contribution in [0.3, 0.4) is 0 Å². The molecule has 0 amide bonds. The van der Waals surface area contributed by atoms with Crippen molar-refractivity contribution in [2.75, 3.05) is 0 Å². The molecular weight excluding hydrogens is 493 g/mol. The van der Waals surface area contributed by atoms with Crippen molar-refractivity contribution < 1.29 is 0 Å². The molecule has 0 unspecified atom stereocenters. The normalized spacial score (nSPS) is 10.5. The van der Waals surface area contributed by atoms with Gasteiger partial charge in [0.05, 0.1) is 6.54 Å². The smallest absolute Gasteiger partial charge is 0.265 e. The van der Waals surface area contributed by atoms with Crippen molar-refractivity contribution in [3.8, 4) is 0 Å². The van der Waals surface area contributed by atoms with Crippen LogP contribution < -0.4 is 5.56 Å². The number of aromatic amines is 1. The number of aromatic nitrogens is 2. The summed E-state index contributed by atoms with van der Waals surface area (Å²) in [4.78, 5) is 11.7. The molecule has 2 aromatic rings. The zero-order valence-corrected chi connectivity index (χ0v) is 17.9. The summed E-state index contributed by atoms with van der Waals surface area (Å²) in [7, 11) is 0. The fourth-order valence-corrected chi connectivity index (χ4v) is 1.74. The number of H-pyrrole nitrogens is 1. The SMILES string of the molecule is CC(C)[N-]Cc1cn(Cc2ccccc2)[nH]c1=O.[Rf]. The Morgan fingerprint density at radius 2 is 1.95 bits per heavy atom. The fourth-order valence-electron chi connectivity index (χ4n) is 1.74. The first kappa shape index (κ1) is 14.3. The zero-order valence-electron chi connectivity index (χ0n) is 11.5. The second-order valence-corrected chi connectivity index (χ2v) is 4.64. The molecule has 19 heavy (non-hydrogen) atoms. The number of rotatable bonds is 5. The van der Waals surface area contributed by atoms with Crippen LogP contribution in [0.1, 0.15) is 25.0 Å². The Morgan fingerprint density at radius 3 is 2.58 bits per heavy atom. The van der Waals surface area contributed by atoms with Gasteiger partial charge in [-0.1, -0.05) is 44.2 Å². The van der Waals surface area contributed by atoms with Gasteiger partial charge in [-0.05, 0) is 5.56 Å². The topological polar surface area (TPSA) is 51.9 Å². The molecule has 2 rings (SSSR count). The summed E-state index contributed by atoms with van der Waals surface area (Å²) in [6.45, 7) is 5.18. The number of nitrogens with one attached hydrogen (secondary N) is 1. The van der Waals surface area contributed by atoms with E-state index in [0.717, 1.165) is 11.1 Å². The van der Waals surface area contributed by atoms with Crippen molar-refractivity contribution in [2.24, 2.45) is 0 Å². The van der Waals surface area contributed by atoms with Crippen LogP contribution in [0.4, 0.5) is 0 Å². The maximum atomic E-state index is 11.7. The molecule has 0 spiro atoms. The third-order valence-electron chi connectivity index (χ3n) is 2.67. The summed E-state index contributed by atoms with van der Waals surface area (Å²) in [6.07, 6.45) is 1.85. The van der Waals surface area contributed by atoms with E-state index in [9.17, 15) is 4.79 Å². The van der Waals surface area contributed by atoms with Crippen LogP contribution in [-0.4, -0.2) is 15.8 Å². The molecule has 0 fully saturated rings. The van der Waals surface area contributed by atoms with Crippen molar-refractivity contribution in [1.29, 1.82) is 0 Å². The molecule has 4 nitrogen and oxygen atoms in total. The fraction of sp³-hybridized carbons (Fsp3) is 0.357. The van der Waals surface area contributed by atoms with Gasteiger partial charge in [0.25, 0.3) is 5.56 Å². The quantitative estimate of drug-likeness (QED) is 0.660. The molecule has 98 valence electrons. The summed E-state index contributed by atoms with van der Waals surface area (Å²) in [5.41, 5.74) is 1.84. The third-order valence-corrected chi connectivity index (χ3v) is 2.67. The van der Waals surface area contributed by atoms with Gasteiger partial charge < -0.3 is 5.32 Å². The van der Waals surface area contributed by atoms with E-state index in [-0.39, 0.29) is 11.6 Å². The standard InChI is InChI=1S/C14H18N3O.Rf/c1-11(2)15-8-13-10-17(16-14(13)18)9-12-6-4-3-5-7-12;/h3-7,10-11H,8-9H2,1-2H3,(H,16,18);/q-1;. The number of nitrogens with zero attached hydrogens (tertiary/aromatic N) is 2.